The third-order valence-corrected chi connectivity index (χ3v) is 3.66. The van der Waals surface area contributed by atoms with Crippen LogP contribution in [-0.2, 0) is 16.0 Å². The lowest BCUT2D eigenvalue weighted by molar-refractivity contribution is -0.139. The molecule has 23 heavy (non-hydrogen) atoms. The third-order valence-electron chi connectivity index (χ3n) is 3.66. The number of aliphatic carboxylic acids is 1. The highest BCUT2D eigenvalue weighted by atomic mass is 16.4. The van der Waals surface area contributed by atoms with Gasteiger partial charge >= 0.3 is 5.97 Å². The van der Waals surface area contributed by atoms with E-state index in [0.29, 0.717) is 12.0 Å². The molecule has 1 atom stereocenters. The monoisotopic (exact) mass is 314 g/mol. The van der Waals surface area contributed by atoms with E-state index in [0.717, 1.165) is 5.56 Å². The number of ketones is 1. The van der Waals surface area contributed by atoms with Crippen molar-refractivity contribution in [2.75, 3.05) is 0 Å². The molecule has 0 saturated heterocycles. The quantitative estimate of drug-likeness (QED) is 0.730. The van der Waals surface area contributed by atoms with Gasteiger partial charge in [0, 0.05) is 6.42 Å². The van der Waals surface area contributed by atoms with Gasteiger partial charge in [0.1, 0.15) is 17.3 Å². The highest BCUT2D eigenvalue weighted by Crippen LogP contribution is 2.25. The minimum Gasteiger partial charge on any atom is -0.508 e. The molecule has 0 heterocycles. The van der Waals surface area contributed by atoms with Gasteiger partial charge in [0.2, 0.25) is 0 Å². The Morgan fingerprint density at radius 3 is 1.91 bits per heavy atom. The number of aryl methyl sites for hydroxylation is 1. The minimum atomic E-state index is -1.04. The number of carboxylic acids is 1. The molecule has 0 aromatic heterocycles. The molecule has 0 bridgehead atoms. The molecule has 2 aromatic rings. The topological polar surface area (TPSA) is 94.8 Å². The third kappa shape index (κ3) is 4.85. The predicted molar refractivity (Wildman–Crippen MR) is 84.5 cm³/mol. The van der Waals surface area contributed by atoms with Gasteiger partial charge in [0.05, 0.1) is 12.3 Å². The van der Waals surface area contributed by atoms with Crippen LogP contribution in [0.4, 0.5) is 0 Å². The van der Waals surface area contributed by atoms with Gasteiger partial charge in [-0.05, 0) is 41.8 Å². The first-order valence-corrected chi connectivity index (χ1v) is 7.27. The van der Waals surface area contributed by atoms with E-state index >= 15 is 0 Å². The van der Waals surface area contributed by atoms with Crippen molar-refractivity contribution in [2.45, 2.75) is 25.2 Å². The largest absolute Gasteiger partial charge is 0.508 e. The van der Waals surface area contributed by atoms with Crippen LogP contribution in [0.15, 0.2) is 48.5 Å². The van der Waals surface area contributed by atoms with E-state index in [1.807, 2.05) is 0 Å². The number of carboxylic acid groups (broad SMARTS) is 1. The van der Waals surface area contributed by atoms with E-state index < -0.39 is 11.9 Å². The highest BCUT2D eigenvalue weighted by molar-refractivity contribution is 5.89. The van der Waals surface area contributed by atoms with E-state index in [1.54, 1.807) is 36.4 Å². The number of hydrogen-bond acceptors (Lipinski definition) is 4. The van der Waals surface area contributed by atoms with Crippen molar-refractivity contribution in [1.82, 2.24) is 0 Å². The van der Waals surface area contributed by atoms with Crippen LogP contribution in [-0.4, -0.2) is 27.1 Å². The summed E-state index contributed by atoms with van der Waals surface area (Å²) < 4.78 is 0. The maximum atomic E-state index is 12.4. The Labute approximate surface area is 133 Å². The fourth-order valence-corrected chi connectivity index (χ4v) is 2.40. The number of carbonyl (C=O) groups excluding carboxylic acids is 1. The Kier molecular flexibility index (Phi) is 5.36. The molecule has 120 valence electrons. The molecule has 0 fully saturated rings. The maximum Gasteiger partial charge on any atom is 0.304 e. The van der Waals surface area contributed by atoms with Gasteiger partial charge in [-0.1, -0.05) is 24.3 Å². The Bertz CT molecular complexity index is 674. The Morgan fingerprint density at radius 1 is 0.870 bits per heavy atom. The normalized spacial score (nSPS) is 11.8. The molecule has 5 nitrogen and oxygen atoms in total. The zero-order chi connectivity index (χ0) is 16.8. The Morgan fingerprint density at radius 2 is 1.39 bits per heavy atom. The van der Waals surface area contributed by atoms with Crippen molar-refractivity contribution < 1.29 is 24.9 Å². The summed E-state index contributed by atoms with van der Waals surface area (Å²) in [4.78, 5) is 23.5. The first-order chi connectivity index (χ1) is 11.0. The predicted octanol–water partition coefficient (Wildman–Crippen LogP) is 2.86. The number of Topliss-reactive ketones (excluding diaryl/α,β-unsaturated/α-hetero) is 1. The van der Waals surface area contributed by atoms with E-state index in [9.17, 15) is 19.8 Å². The molecule has 2 rings (SSSR count). The lowest BCUT2D eigenvalue weighted by Gasteiger charge is -2.14. The second-order valence-corrected chi connectivity index (χ2v) is 5.37. The zero-order valence-electron chi connectivity index (χ0n) is 12.5. The minimum absolute atomic E-state index is 0.0689. The molecule has 0 aliphatic carbocycles. The van der Waals surface area contributed by atoms with Gasteiger partial charge in [-0.2, -0.15) is 0 Å². The van der Waals surface area contributed by atoms with Crippen LogP contribution in [0.5, 0.6) is 11.5 Å². The molecule has 0 radical (unpaired) electrons. The summed E-state index contributed by atoms with van der Waals surface area (Å²) in [5.74, 6) is -1.70. The lowest BCUT2D eigenvalue weighted by atomic mass is 9.88. The van der Waals surface area contributed by atoms with Crippen molar-refractivity contribution in [1.29, 1.82) is 0 Å². The van der Waals surface area contributed by atoms with E-state index in [1.165, 1.54) is 12.1 Å². The second kappa shape index (κ2) is 7.45. The summed E-state index contributed by atoms with van der Waals surface area (Å²) in [6, 6.07) is 12.6. The van der Waals surface area contributed by atoms with Crippen LogP contribution in [0, 0.1) is 0 Å². The van der Waals surface area contributed by atoms with Gasteiger partial charge in [-0.15, -0.1) is 0 Å². The number of hydrogen-bond donors (Lipinski definition) is 3. The fraction of sp³-hybridized carbons (Fsp3) is 0.222. The van der Waals surface area contributed by atoms with Crippen molar-refractivity contribution in [3.63, 3.8) is 0 Å². The van der Waals surface area contributed by atoms with Gasteiger partial charge in [0.15, 0.2) is 0 Å². The number of phenolic OH excluding ortho intramolecular Hbond substituents is 2. The van der Waals surface area contributed by atoms with Crippen LogP contribution in [0.2, 0.25) is 0 Å². The first-order valence-electron chi connectivity index (χ1n) is 7.27. The van der Waals surface area contributed by atoms with Crippen LogP contribution in [0.3, 0.4) is 0 Å². The fourth-order valence-electron chi connectivity index (χ4n) is 2.40. The molecule has 0 saturated carbocycles. The number of carbonyl (C=O) groups is 2. The van der Waals surface area contributed by atoms with Gasteiger partial charge in [-0.25, -0.2) is 0 Å². The number of rotatable bonds is 7. The molecule has 2 aromatic carbocycles. The first kappa shape index (κ1) is 16.5. The summed E-state index contributed by atoms with van der Waals surface area (Å²) in [5.41, 5.74) is 1.48. The average molecular weight is 314 g/mol. The lowest BCUT2D eigenvalue weighted by Crippen LogP contribution is -2.17. The molecular formula is C18H18O5. The van der Waals surface area contributed by atoms with Crippen LogP contribution in [0.1, 0.15) is 29.9 Å². The van der Waals surface area contributed by atoms with Gasteiger partial charge < -0.3 is 15.3 Å². The maximum absolute atomic E-state index is 12.4. The standard InChI is InChI=1S/C18H18O5/c19-14-6-1-12(2-7-14)3-10-17(21)16(11-18(22)23)13-4-8-15(20)9-5-13/h1-2,4-9,16,19-20H,3,10-11H2,(H,22,23). The summed E-state index contributed by atoms with van der Waals surface area (Å²) in [6.07, 6.45) is 0.413. The van der Waals surface area contributed by atoms with Gasteiger partial charge in [-0.3, -0.25) is 9.59 Å². The highest BCUT2D eigenvalue weighted by Gasteiger charge is 2.23. The van der Waals surface area contributed by atoms with Crippen LogP contribution >= 0.6 is 0 Å². The molecule has 5 heteroatoms. The average Bonchev–Trinajstić information content (AvgIpc) is 2.52. The number of phenols is 2. The van der Waals surface area contributed by atoms with Crippen molar-refractivity contribution in [3.05, 3.63) is 59.7 Å². The molecule has 0 aliphatic heterocycles. The van der Waals surface area contributed by atoms with E-state index in [4.69, 9.17) is 5.11 Å². The molecule has 3 N–H and O–H groups in total. The van der Waals surface area contributed by atoms with E-state index in [2.05, 4.69) is 0 Å². The Balaban J connectivity index is 2.08. The van der Waals surface area contributed by atoms with Crippen molar-refractivity contribution in [3.8, 4) is 11.5 Å². The summed E-state index contributed by atoms with van der Waals surface area (Å²) >= 11 is 0. The summed E-state index contributed by atoms with van der Waals surface area (Å²) in [7, 11) is 0. The second-order valence-electron chi connectivity index (χ2n) is 5.37. The number of benzene rings is 2. The Hall–Kier alpha value is -2.82. The number of aromatic hydroxyl groups is 2. The van der Waals surface area contributed by atoms with Crippen molar-refractivity contribution >= 4 is 11.8 Å². The molecule has 0 spiro atoms. The molecule has 0 amide bonds. The van der Waals surface area contributed by atoms with Crippen LogP contribution in [0.25, 0.3) is 0 Å². The van der Waals surface area contributed by atoms with Gasteiger partial charge in [0.25, 0.3) is 0 Å². The van der Waals surface area contributed by atoms with E-state index in [-0.39, 0.29) is 30.1 Å². The molecule has 0 aliphatic rings. The van der Waals surface area contributed by atoms with Crippen LogP contribution < -0.4 is 0 Å². The summed E-state index contributed by atoms with van der Waals surface area (Å²) in [6.45, 7) is 0. The zero-order valence-corrected chi connectivity index (χ0v) is 12.5. The summed E-state index contributed by atoms with van der Waals surface area (Å²) in [5, 5.41) is 27.6. The van der Waals surface area contributed by atoms with Crippen molar-refractivity contribution in [2.24, 2.45) is 0 Å². The SMILES string of the molecule is O=C(O)CC(C(=O)CCc1ccc(O)cc1)c1ccc(O)cc1. The smallest absolute Gasteiger partial charge is 0.304 e. The molecular weight excluding hydrogens is 296 g/mol. The molecule has 1 unspecified atom stereocenters.